The van der Waals surface area contributed by atoms with Crippen LogP contribution in [0.5, 0.6) is 0 Å². The molecule has 0 fully saturated rings. The Morgan fingerprint density at radius 1 is 1.26 bits per heavy atom. The minimum Gasteiger partial charge on any atom is -0.382 e. The zero-order valence-corrected chi connectivity index (χ0v) is 16.4. The molecule has 0 radical (unpaired) electrons. The number of nitrogens with zero attached hydrogens (tertiary/aromatic N) is 2. The molecule has 6 nitrogen and oxygen atoms in total. The van der Waals surface area contributed by atoms with Gasteiger partial charge in [0.25, 0.3) is 0 Å². The predicted molar refractivity (Wildman–Crippen MR) is 110 cm³/mol. The van der Waals surface area contributed by atoms with Gasteiger partial charge in [-0.2, -0.15) is 0 Å². The quantitative estimate of drug-likeness (QED) is 0.480. The number of aromatic nitrogens is 1. The molecule has 2 N–H and O–H groups in total. The molecule has 0 bridgehead atoms. The summed E-state index contributed by atoms with van der Waals surface area (Å²) in [6.45, 7) is 5.19. The Morgan fingerprint density at radius 2 is 2.07 bits per heavy atom. The number of unbranched alkanes of at least 4 members (excludes halogenated alkanes) is 1. The second-order valence-electron chi connectivity index (χ2n) is 6.07. The van der Waals surface area contributed by atoms with Gasteiger partial charge in [-0.05, 0) is 37.1 Å². The van der Waals surface area contributed by atoms with E-state index in [2.05, 4.69) is 22.5 Å². The molecule has 2 rings (SSSR count). The SMILES string of the molecule is CCCCNC(=O)CN(C=O)c1ncc(-c2cccc(Cl)c2)cc1NCC. The minimum atomic E-state index is -0.210. The molecule has 0 aliphatic heterocycles. The molecule has 27 heavy (non-hydrogen) atoms. The Labute approximate surface area is 164 Å². The van der Waals surface area contributed by atoms with Crippen molar-refractivity contribution < 1.29 is 9.59 Å². The van der Waals surface area contributed by atoms with Gasteiger partial charge in [0.2, 0.25) is 12.3 Å². The summed E-state index contributed by atoms with van der Waals surface area (Å²) < 4.78 is 0. The lowest BCUT2D eigenvalue weighted by Crippen LogP contribution is -2.37. The summed E-state index contributed by atoms with van der Waals surface area (Å²) >= 11 is 6.07. The van der Waals surface area contributed by atoms with Crippen molar-refractivity contribution in [1.82, 2.24) is 10.3 Å². The van der Waals surface area contributed by atoms with Crippen LogP contribution in [0, 0.1) is 0 Å². The summed E-state index contributed by atoms with van der Waals surface area (Å²) in [6.07, 6.45) is 4.20. The number of hydrogen-bond acceptors (Lipinski definition) is 4. The number of benzene rings is 1. The zero-order valence-electron chi connectivity index (χ0n) is 15.7. The highest BCUT2D eigenvalue weighted by atomic mass is 35.5. The summed E-state index contributed by atoms with van der Waals surface area (Å²) in [5.41, 5.74) is 2.48. The highest BCUT2D eigenvalue weighted by Crippen LogP contribution is 2.29. The van der Waals surface area contributed by atoms with E-state index in [9.17, 15) is 9.59 Å². The summed E-state index contributed by atoms with van der Waals surface area (Å²) in [5, 5.41) is 6.66. The molecule has 144 valence electrons. The van der Waals surface area contributed by atoms with Crippen molar-refractivity contribution in [1.29, 1.82) is 0 Å². The first-order valence-corrected chi connectivity index (χ1v) is 9.45. The molecule has 1 heterocycles. The van der Waals surface area contributed by atoms with Gasteiger partial charge in [-0.1, -0.05) is 37.1 Å². The van der Waals surface area contributed by atoms with Crippen molar-refractivity contribution >= 4 is 35.4 Å². The Balaban J connectivity index is 2.25. The Bertz CT molecular complexity index is 782. The van der Waals surface area contributed by atoms with E-state index >= 15 is 0 Å². The smallest absolute Gasteiger partial charge is 0.240 e. The fourth-order valence-electron chi connectivity index (χ4n) is 2.61. The lowest BCUT2D eigenvalue weighted by molar-refractivity contribution is -0.121. The van der Waals surface area contributed by atoms with Gasteiger partial charge in [-0.15, -0.1) is 0 Å². The molecule has 2 amide bonds. The molecule has 0 aliphatic carbocycles. The molecule has 7 heteroatoms. The second-order valence-corrected chi connectivity index (χ2v) is 6.51. The van der Waals surface area contributed by atoms with Crippen molar-refractivity contribution in [2.45, 2.75) is 26.7 Å². The van der Waals surface area contributed by atoms with E-state index in [0.29, 0.717) is 36.0 Å². The molecule has 1 aromatic heterocycles. The number of anilines is 2. The van der Waals surface area contributed by atoms with Gasteiger partial charge < -0.3 is 10.6 Å². The maximum Gasteiger partial charge on any atom is 0.240 e. The van der Waals surface area contributed by atoms with Crippen LogP contribution in [0.2, 0.25) is 5.02 Å². The number of pyridine rings is 1. The van der Waals surface area contributed by atoms with Crippen LogP contribution in [0.1, 0.15) is 26.7 Å². The molecular weight excluding hydrogens is 364 g/mol. The molecule has 2 aromatic rings. The normalized spacial score (nSPS) is 10.3. The van der Waals surface area contributed by atoms with Gasteiger partial charge in [0.1, 0.15) is 6.54 Å². The van der Waals surface area contributed by atoms with E-state index in [1.165, 1.54) is 4.90 Å². The van der Waals surface area contributed by atoms with Crippen molar-refractivity contribution in [3.05, 3.63) is 41.6 Å². The predicted octanol–water partition coefficient (Wildman–Crippen LogP) is 3.71. The Morgan fingerprint density at radius 3 is 2.74 bits per heavy atom. The first-order valence-electron chi connectivity index (χ1n) is 9.07. The average Bonchev–Trinajstić information content (AvgIpc) is 2.67. The molecule has 1 aromatic carbocycles. The number of nitrogens with one attached hydrogen (secondary N) is 2. The maximum absolute atomic E-state index is 12.1. The summed E-state index contributed by atoms with van der Waals surface area (Å²) in [6, 6.07) is 9.38. The van der Waals surface area contributed by atoms with Crippen LogP contribution in [0.3, 0.4) is 0 Å². The van der Waals surface area contributed by atoms with Gasteiger partial charge >= 0.3 is 0 Å². The topological polar surface area (TPSA) is 74.3 Å². The van der Waals surface area contributed by atoms with Crippen molar-refractivity contribution in [2.24, 2.45) is 0 Å². The number of carbonyl (C=O) groups is 2. The van der Waals surface area contributed by atoms with E-state index in [-0.39, 0.29) is 12.5 Å². The largest absolute Gasteiger partial charge is 0.382 e. The second kappa shape index (κ2) is 10.5. The molecule has 0 saturated carbocycles. The van der Waals surface area contributed by atoms with Gasteiger partial charge in [0.15, 0.2) is 5.82 Å². The van der Waals surface area contributed by atoms with E-state index in [4.69, 9.17) is 11.6 Å². The van der Waals surface area contributed by atoms with Gasteiger partial charge in [-0.25, -0.2) is 4.98 Å². The van der Waals surface area contributed by atoms with E-state index < -0.39 is 0 Å². The lowest BCUT2D eigenvalue weighted by Gasteiger charge is -2.20. The molecule has 0 saturated heterocycles. The van der Waals surface area contributed by atoms with Gasteiger partial charge in [-0.3, -0.25) is 14.5 Å². The fraction of sp³-hybridized carbons (Fsp3) is 0.350. The zero-order chi connectivity index (χ0) is 19.6. The van der Waals surface area contributed by atoms with Crippen LogP contribution < -0.4 is 15.5 Å². The lowest BCUT2D eigenvalue weighted by atomic mass is 10.1. The van der Waals surface area contributed by atoms with Crippen molar-refractivity contribution in [3.63, 3.8) is 0 Å². The maximum atomic E-state index is 12.1. The molecule has 0 unspecified atom stereocenters. The first-order chi connectivity index (χ1) is 13.1. The molecule has 0 atom stereocenters. The van der Waals surface area contributed by atoms with Crippen LogP contribution in [-0.4, -0.2) is 36.9 Å². The van der Waals surface area contributed by atoms with Crippen LogP contribution in [0.15, 0.2) is 36.5 Å². The van der Waals surface area contributed by atoms with E-state index in [0.717, 1.165) is 24.0 Å². The Hall–Kier alpha value is -2.60. The third-order valence-electron chi connectivity index (χ3n) is 3.96. The number of carbonyl (C=O) groups excluding carboxylic acids is 2. The average molecular weight is 389 g/mol. The number of rotatable bonds is 10. The van der Waals surface area contributed by atoms with Crippen LogP contribution in [0.4, 0.5) is 11.5 Å². The monoisotopic (exact) mass is 388 g/mol. The van der Waals surface area contributed by atoms with Crippen LogP contribution >= 0.6 is 11.6 Å². The van der Waals surface area contributed by atoms with Crippen LogP contribution in [0.25, 0.3) is 11.1 Å². The van der Waals surface area contributed by atoms with Gasteiger partial charge in [0.05, 0.1) is 5.69 Å². The highest BCUT2D eigenvalue weighted by molar-refractivity contribution is 6.30. The molecule has 0 spiro atoms. The third kappa shape index (κ3) is 5.96. The van der Waals surface area contributed by atoms with Crippen molar-refractivity contribution in [2.75, 3.05) is 29.9 Å². The number of hydrogen-bond donors (Lipinski definition) is 2. The Kier molecular flexibility index (Phi) is 8.07. The molecule has 0 aliphatic rings. The first kappa shape index (κ1) is 20.7. The number of amides is 2. The van der Waals surface area contributed by atoms with E-state index in [1.807, 2.05) is 37.3 Å². The number of halogens is 1. The summed E-state index contributed by atoms with van der Waals surface area (Å²) in [5.74, 6) is 0.210. The molecular formula is C20H25ClN4O2. The van der Waals surface area contributed by atoms with E-state index in [1.54, 1.807) is 6.20 Å². The standard InChI is InChI=1S/C20H25ClN4O2/c1-3-5-9-23-19(27)13-25(14-26)20-18(22-4-2)11-16(12-24-20)15-7-6-8-17(21)10-15/h6-8,10-12,14,22H,3-5,9,13H2,1-2H3,(H,23,27). The minimum absolute atomic E-state index is 0.0743. The summed E-state index contributed by atoms with van der Waals surface area (Å²) in [4.78, 5) is 29.4. The third-order valence-corrected chi connectivity index (χ3v) is 4.19. The van der Waals surface area contributed by atoms with Crippen molar-refractivity contribution in [3.8, 4) is 11.1 Å². The van der Waals surface area contributed by atoms with Gasteiger partial charge in [0, 0.05) is 29.9 Å². The fourth-order valence-corrected chi connectivity index (χ4v) is 2.80. The van der Waals surface area contributed by atoms with Crippen LogP contribution in [-0.2, 0) is 9.59 Å². The highest BCUT2D eigenvalue weighted by Gasteiger charge is 2.17. The summed E-state index contributed by atoms with van der Waals surface area (Å²) in [7, 11) is 0.